The van der Waals surface area contributed by atoms with Crippen LogP contribution in [0.25, 0.3) is 0 Å². The van der Waals surface area contributed by atoms with Crippen molar-refractivity contribution in [3.8, 4) is 0 Å². The Kier molecular flexibility index (Phi) is 6.38. The molecule has 1 aliphatic carbocycles. The molecular formula is C26H31N5O3. The van der Waals surface area contributed by atoms with E-state index in [-0.39, 0.29) is 24.0 Å². The largest absolute Gasteiger partial charge is 0.498 e. The minimum absolute atomic E-state index is 0.0111. The number of rotatable bonds is 6. The average Bonchev–Trinajstić information content (AvgIpc) is 3.30. The first kappa shape index (κ1) is 22.3. The van der Waals surface area contributed by atoms with Gasteiger partial charge in [0.2, 0.25) is 0 Å². The van der Waals surface area contributed by atoms with Gasteiger partial charge >= 0.3 is 0 Å². The summed E-state index contributed by atoms with van der Waals surface area (Å²) in [5.74, 6) is 1.64. The molecule has 2 N–H and O–H groups in total. The van der Waals surface area contributed by atoms with E-state index in [1.807, 2.05) is 46.8 Å². The average molecular weight is 462 g/mol. The van der Waals surface area contributed by atoms with Crippen LogP contribution in [0.5, 0.6) is 0 Å². The van der Waals surface area contributed by atoms with Crippen LogP contribution in [0, 0.1) is 0 Å². The predicted octanol–water partition coefficient (Wildman–Crippen LogP) is 3.87. The van der Waals surface area contributed by atoms with Gasteiger partial charge in [0.1, 0.15) is 17.5 Å². The summed E-state index contributed by atoms with van der Waals surface area (Å²) in [4.78, 5) is 27.8. The molecule has 2 aromatic rings. The first-order valence-corrected chi connectivity index (χ1v) is 12.1. The lowest BCUT2D eigenvalue weighted by atomic mass is 10.00. The Bertz CT molecular complexity index is 1120. The molecule has 34 heavy (non-hydrogen) atoms. The number of aromatic nitrogens is 2. The van der Waals surface area contributed by atoms with Crippen molar-refractivity contribution in [3.05, 3.63) is 71.1 Å². The maximum atomic E-state index is 13.0. The van der Waals surface area contributed by atoms with Crippen molar-refractivity contribution >= 4 is 17.6 Å². The molecule has 0 radical (unpaired) electrons. The zero-order chi connectivity index (χ0) is 23.5. The van der Waals surface area contributed by atoms with E-state index in [1.165, 1.54) is 0 Å². The van der Waals surface area contributed by atoms with E-state index in [9.17, 15) is 9.59 Å². The second kappa shape index (κ2) is 9.75. The summed E-state index contributed by atoms with van der Waals surface area (Å²) in [5, 5.41) is 11.1. The number of hydrogen-bond acceptors (Lipinski definition) is 5. The number of nitrogens with zero attached hydrogens (tertiary/aromatic N) is 3. The molecule has 1 aromatic heterocycles. The van der Waals surface area contributed by atoms with Crippen LogP contribution in [0.3, 0.4) is 0 Å². The molecule has 1 saturated heterocycles. The number of nitrogens with one attached hydrogen (secondary N) is 2. The molecule has 0 saturated carbocycles. The molecule has 0 spiro atoms. The second-order valence-electron chi connectivity index (χ2n) is 8.96. The van der Waals surface area contributed by atoms with E-state index < -0.39 is 0 Å². The Morgan fingerprint density at radius 2 is 2.09 bits per heavy atom. The van der Waals surface area contributed by atoms with Crippen LogP contribution in [0.2, 0.25) is 0 Å². The summed E-state index contributed by atoms with van der Waals surface area (Å²) in [6.07, 6.45) is 9.90. The molecule has 1 aromatic carbocycles. The van der Waals surface area contributed by atoms with Gasteiger partial charge in [-0.05, 0) is 43.9 Å². The van der Waals surface area contributed by atoms with Crippen LogP contribution >= 0.6 is 0 Å². The normalized spacial score (nSPS) is 22.1. The van der Waals surface area contributed by atoms with E-state index >= 15 is 0 Å². The molecule has 5 rings (SSSR count). The van der Waals surface area contributed by atoms with E-state index in [0.717, 1.165) is 49.4 Å². The molecular weight excluding hydrogens is 430 g/mol. The summed E-state index contributed by atoms with van der Waals surface area (Å²) in [6.45, 7) is 3.92. The summed E-state index contributed by atoms with van der Waals surface area (Å²) in [5.41, 5.74) is 2.35. The van der Waals surface area contributed by atoms with Gasteiger partial charge in [0, 0.05) is 31.5 Å². The summed E-state index contributed by atoms with van der Waals surface area (Å²) >= 11 is 0. The first-order chi connectivity index (χ1) is 16.6. The van der Waals surface area contributed by atoms with Crippen LogP contribution in [-0.2, 0) is 4.74 Å². The SMILES string of the molecule is CCOC1=C(CC2NC(=O)c3cnn(C4CCCN(C(=O)c5ccccc5)C4)c3N2)C=CCC1. The van der Waals surface area contributed by atoms with Crippen molar-refractivity contribution in [3.63, 3.8) is 0 Å². The fraction of sp³-hybridized carbons (Fsp3) is 0.423. The third kappa shape index (κ3) is 4.44. The second-order valence-corrected chi connectivity index (χ2v) is 8.96. The Balaban J connectivity index is 1.34. The van der Waals surface area contributed by atoms with Gasteiger partial charge in [0.05, 0.1) is 24.6 Å². The van der Waals surface area contributed by atoms with Crippen molar-refractivity contribution < 1.29 is 14.3 Å². The van der Waals surface area contributed by atoms with Crippen molar-refractivity contribution in [2.75, 3.05) is 25.0 Å². The monoisotopic (exact) mass is 461 g/mol. The standard InChI is InChI=1S/C26H31N5O3/c1-2-34-22-13-7-6-11-19(22)15-23-28-24-21(25(32)29-23)16-27-31(24)20-12-8-14-30(17-20)26(33)18-9-4-3-5-10-18/h3-6,9-11,16,20,23,28H,2,7-8,12-15,17H2,1H3,(H,29,32). The zero-order valence-corrected chi connectivity index (χ0v) is 19.5. The highest BCUT2D eigenvalue weighted by Gasteiger charge is 2.33. The molecule has 0 bridgehead atoms. The maximum Gasteiger partial charge on any atom is 0.258 e. The first-order valence-electron chi connectivity index (χ1n) is 12.1. The molecule has 8 heteroatoms. The van der Waals surface area contributed by atoms with Gasteiger partial charge in [-0.25, -0.2) is 4.68 Å². The van der Waals surface area contributed by atoms with Gasteiger partial charge in [0.15, 0.2) is 0 Å². The lowest BCUT2D eigenvalue weighted by Crippen LogP contribution is -2.46. The van der Waals surface area contributed by atoms with Crippen molar-refractivity contribution in [1.29, 1.82) is 0 Å². The van der Waals surface area contributed by atoms with Gasteiger partial charge in [0.25, 0.3) is 11.8 Å². The highest BCUT2D eigenvalue weighted by molar-refractivity contribution is 6.00. The van der Waals surface area contributed by atoms with E-state index in [0.29, 0.717) is 30.7 Å². The molecule has 2 aliphatic heterocycles. The van der Waals surface area contributed by atoms with Gasteiger partial charge < -0.3 is 20.3 Å². The van der Waals surface area contributed by atoms with Gasteiger partial charge in [-0.3, -0.25) is 9.59 Å². The smallest absolute Gasteiger partial charge is 0.258 e. The summed E-state index contributed by atoms with van der Waals surface area (Å²) in [7, 11) is 0. The fourth-order valence-corrected chi connectivity index (χ4v) is 5.02. The quantitative estimate of drug-likeness (QED) is 0.682. The summed E-state index contributed by atoms with van der Waals surface area (Å²) < 4.78 is 7.74. The number of ether oxygens (including phenoxy) is 1. The number of carbonyl (C=O) groups excluding carboxylic acids is 2. The van der Waals surface area contributed by atoms with Gasteiger partial charge in [-0.1, -0.05) is 30.4 Å². The van der Waals surface area contributed by atoms with Crippen LogP contribution < -0.4 is 10.6 Å². The molecule has 3 heterocycles. The van der Waals surface area contributed by atoms with E-state index in [2.05, 4.69) is 27.9 Å². The molecule has 2 unspecified atom stereocenters. The van der Waals surface area contributed by atoms with Crippen LogP contribution in [0.4, 0.5) is 5.82 Å². The lowest BCUT2D eigenvalue weighted by Gasteiger charge is -2.35. The molecule has 2 atom stereocenters. The molecule has 1 fully saturated rings. The van der Waals surface area contributed by atoms with Crippen LogP contribution in [0.1, 0.15) is 65.8 Å². The third-order valence-electron chi connectivity index (χ3n) is 6.66. The predicted molar refractivity (Wildman–Crippen MR) is 129 cm³/mol. The van der Waals surface area contributed by atoms with Crippen molar-refractivity contribution in [1.82, 2.24) is 20.0 Å². The minimum atomic E-state index is -0.255. The highest BCUT2D eigenvalue weighted by atomic mass is 16.5. The zero-order valence-electron chi connectivity index (χ0n) is 19.5. The number of piperidine rings is 1. The Labute approximate surface area is 199 Å². The number of carbonyl (C=O) groups is 2. The topological polar surface area (TPSA) is 88.5 Å². The lowest BCUT2D eigenvalue weighted by molar-refractivity contribution is 0.0673. The number of anilines is 1. The number of allylic oxidation sites excluding steroid dienone is 3. The number of hydrogen-bond donors (Lipinski definition) is 2. The highest BCUT2D eigenvalue weighted by Crippen LogP contribution is 2.31. The third-order valence-corrected chi connectivity index (χ3v) is 6.66. The Morgan fingerprint density at radius 3 is 2.91 bits per heavy atom. The van der Waals surface area contributed by atoms with E-state index in [1.54, 1.807) is 6.20 Å². The number of amides is 2. The molecule has 2 amide bonds. The van der Waals surface area contributed by atoms with Gasteiger partial charge in [-0.2, -0.15) is 5.10 Å². The minimum Gasteiger partial charge on any atom is -0.498 e. The number of fused-ring (bicyclic) bond motifs is 1. The fourth-order valence-electron chi connectivity index (χ4n) is 5.02. The summed E-state index contributed by atoms with van der Waals surface area (Å²) in [6, 6.07) is 9.39. The van der Waals surface area contributed by atoms with Crippen molar-refractivity contribution in [2.45, 2.75) is 51.2 Å². The molecule has 8 nitrogen and oxygen atoms in total. The Morgan fingerprint density at radius 1 is 1.24 bits per heavy atom. The Hall–Kier alpha value is -3.55. The number of benzene rings is 1. The van der Waals surface area contributed by atoms with Crippen molar-refractivity contribution in [2.24, 2.45) is 0 Å². The maximum absolute atomic E-state index is 13.0. The van der Waals surface area contributed by atoms with Crippen LogP contribution in [0.15, 0.2) is 60.0 Å². The number of likely N-dealkylation sites (tertiary alicyclic amines) is 1. The van der Waals surface area contributed by atoms with Gasteiger partial charge in [-0.15, -0.1) is 0 Å². The van der Waals surface area contributed by atoms with E-state index in [4.69, 9.17) is 4.74 Å². The molecule has 3 aliphatic rings. The van der Waals surface area contributed by atoms with Crippen LogP contribution in [-0.4, -0.2) is 52.4 Å². The molecule has 178 valence electrons.